The first-order valence-corrected chi connectivity index (χ1v) is 6.35. The van der Waals surface area contributed by atoms with Gasteiger partial charge in [-0.25, -0.2) is 4.79 Å². The highest BCUT2D eigenvalue weighted by Gasteiger charge is 2.27. The molecule has 1 fully saturated rings. The maximum atomic E-state index is 12.2. The smallest absolute Gasteiger partial charge is 0.323 e. The zero-order chi connectivity index (χ0) is 14.3. The average molecular weight is 274 g/mol. The summed E-state index contributed by atoms with van der Waals surface area (Å²) in [6.45, 7) is 1.51. The highest BCUT2D eigenvalue weighted by atomic mass is 16.5. The molecule has 1 aliphatic heterocycles. The second kappa shape index (κ2) is 7.96. The van der Waals surface area contributed by atoms with Gasteiger partial charge in [0, 0.05) is 33.9 Å². The number of urea groups is 1. The minimum Gasteiger partial charge on any atom is -0.480 e. The minimum atomic E-state index is -1.02. The van der Waals surface area contributed by atoms with E-state index in [1.165, 1.54) is 12.0 Å². The topological polar surface area (TPSA) is 79.3 Å². The molecule has 19 heavy (non-hydrogen) atoms. The second-order valence-corrected chi connectivity index (χ2v) is 4.51. The average Bonchev–Trinajstić information content (AvgIpc) is 2.42. The van der Waals surface area contributed by atoms with Gasteiger partial charge in [0.1, 0.15) is 6.54 Å². The van der Waals surface area contributed by atoms with E-state index in [-0.39, 0.29) is 25.2 Å². The van der Waals surface area contributed by atoms with E-state index >= 15 is 0 Å². The third kappa shape index (κ3) is 5.04. The molecule has 0 bridgehead atoms. The van der Waals surface area contributed by atoms with Crippen molar-refractivity contribution in [2.45, 2.75) is 18.9 Å². The molecule has 1 heterocycles. The Morgan fingerprint density at radius 1 is 1.32 bits per heavy atom. The number of rotatable bonds is 6. The number of aliphatic carboxylic acids is 1. The van der Waals surface area contributed by atoms with E-state index in [0.717, 1.165) is 12.8 Å². The summed E-state index contributed by atoms with van der Waals surface area (Å²) in [6.07, 6.45) is 1.76. The van der Waals surface area contributed by atoms with Crippen molar-refractivity contribution in [3.8, 4) is 0 Å². The molecule has 0 aromatic carbocycles. The summed E-state index contributed by atoms with van der Waals surface area (Å²) in [5.74, 6) is -1.02. The maximum Gasteiger partial charge on any atom is 0.323 e. The van der Waals surface area contributed by atoms with E-state index in [0.29, 0.717) is 19.7 Å². The highest BCUT2D eigenvalue weighted by Crippen LogP contribution is 2.14. The van der Waals surface area contributed by atoms with Crippen LogP contribution in [0.25, 0.3) is 0 Å². The number of carboxylic acids is 1. The lowest BCUT2D eigenvalue weighted by Gasteiger charge is -2.34. The normalized spacial score (nSPS) is 16.4. The van der Waals surface area contributed by atoms with Crippen LogP contribution >= 0.6 is 0 Å². The summed E-state index contributed by atoms with van der Waals surface area (Å²) in [6, 6.07) is -0.242. The van der Waals surface area contributed by atoms with Crippen molar-refractivity contribution in [2.75, 3.05) is 47.0 Å². The Bertz CT molecular complexity index is 302. The third-order valence-electron chi connectivity index (χ3n) is 3.21. The van der Waals surface area contributed by atoms with Crippen molar-refractivity contribution in [1.82, 2.24) is 9.80 Å². The van der Waals surface area contributed by atoms with E-state index in [1.807, 2.05) is 0 Å². The largest absolute Gasteiger partial charge is 0.480 e. The van der Waals surface area contributed by atoms with Crippen molar-refractivity contribution in [2.24, 2.45) is 0 Å². The molecule has 1 rings (SSSR count). The Morgan fingerprint density at radius 3 is 2.42 bits per heavy atom. The number of amides is 2. The van der Waals surface area contributed by atoms with Gasteiger partial charge in [-0.3, -0.25) is 4.79 Å². The number of carboxylic acid groups (broad SMARTS) is 1. The number of carbonyl (C=O) groups excluding carboxylic acids is 1. The Morgan fingerprint density at radius 2 is 1.95 bits per heavy atom. The van der Waals surface area contributed by atoms with Crippen LogP contribution in [0, 0.1) is 0 Å². The summed E-state index contributed by atoms with van der Waals surface area (Å²) < 4.78 is 10.1. The summed E-state index contributed by atoms with van der Waals surface area (Å²) in [5, 5.41) is 8.84. The molecule has 7 heteroatoms. The molecule has 1 saturated heterocycles. The number of methoxy groups -OCH3 is 2. The highest BCUT2D eigenvalue weighted by molar-refractivity contribution is 5.80. The van der Waals surface area contributed by atoms with Gasteiger partial charge in [0.25, 0.3) is 0 Å². The molecule has 0 atom stereocenters. The van der Waals surface area contributed by atoms with Gasteiger partial charge >= 0.3 is 12.0 Å². The molecule has 1 aliphatic rings. The van der Waals surface area contributed by atoms with Crippen LogP contribution in [0.2, 0.25) is 0 Å². The molecule has 0 radical (unpaired) electrons. The van der Waals surface area contributed by atoms with Gasteiger partial charge < -0.3 is 24.4 Å². The molecule has 0 unspecified atom stereocenters. The van der Waals surface area contributed by atoms with Crippen LogP contribution in [0.5, 0.6) is 0 Å². The lowest BCUT2D eigenvalue weighted by Crippen LogP contribution is -2.50. The fraction of sp³-hybridized carbons (Fsp3) is 0.833. The predicted octanol–water partition coefficient (Wildman–Crippen LogP) is 0.250. The third-order valence-corrected chi connectivity index (χ3v) is 3.21. The molecule has 110 valence electrons. The van der Waals surface area contributed by atoms with Gasteiger partial charge in [-0.15, -0.1) is 0 Å². The van der Waals surface area contributed by atoms with E-state index in [1.54, 1.807) is 12.0 Å². The number of piperidine rings is 1. The first kappa shape index (κ1) is 15.7. The van der Waals surface area contributed by atoms with Crippen LogP contribution in [0.4, 0.5) is 4.79 Å². The molecule has 0 aliphatic carbocycles. The SMILES string of the molecule is COCCN(CC(=O)O)C(=O)N1CCC(OC)CC1. The monoisotopic (exact) mass is 274 g/mol. The predicted molar refractivity (Wildman–Crippen MR) is 68.1 cm³/mol. The quantitative estimate of drug-likeness (QED) is 0.751. The zero-order valence-electron chi connectivity index (χ0n) is 11.5. The van der Waals surface area contributed by atoms with Crippen molar-refractivity contribution in [3.05, 3.63) is 0 Å². The first-order chi connectivity index (χ1) is 9.08. The number of nitrogens with zero attached hydrogens (tertiary/aromatic N) is 2. The molecule has 7 nitrogen and oxygen atoms in total. The fourth-order valence-electron chi connectivity index (χ4n) is 2.09. The number of hydrogen-bond acceptors (Lipinski definition) is 4. The van der Waals surface area contributed by atoms with Crippen LogP contribution in [0.1, 0.15) is 12.8 Å². The van der Waals surface area contributed by atoms with Crippen molar-refractivity contribution >= 4 is 12.0 Å². The number of likely N-dealkylation sites (tertiary alicyclic amines) is 1. The molecule has 1 N–H and O–H groups in total. The Hall–Kier alpha value is -1.34. The Balaban J connectivity index is 2.53. The molecule has 0 aromatic heterocycles. The molecule has 0 aromatic rings. The van der Waals surface area contributed by atoms with E-state index in [4.69, 9.17) is 14.6 Å². The van der Waals surface area contributed by atoms with Gasteiger partial charge in [-0.2, -0.15) is 0 Å². The van der Waals surface area contributed by atoms with Crippen molar-refractivity contribution in [1.29, 1.82) is 0 Å². The van der Waals surface area contributed by atoms with Gasteiger partial charge in [0.15, 0.2) is 0 Å². The van der Waals surface area contributed by atoms with Gasteiger partial charge in [0.2, 0.25) is 0 Å². The van der Waals surface area contributed by atoms with Gasteiger partial charge in [-0.05, 0) is 12.8 Å². The molecular formula is C12H22N2O5. The first-order valence-electron chi connectivity index (χ1n) is 6.35. The van der Waals surface area contributed by atoms with E-state index in [2.05, 4.69) is 0 Å². The molecule has 0 saturated carbocycles. The number of ether oxygens (including phenoxy) is 2. The lowest BCUT2D eigenvalue weighted by atomic mass is 10.1. The zero-order valence-corrected chi connectivity index (χ0v) is 11.5. The summed E-state index contributed by atoms with van der Waals surface area (Å²) in [5.41, 5.74) is 0. The van der Waals surface area contributed by atoms with Crippen LogP contribution in [-0.4, -0.2) is 80.0 Å². The van der Waals surface area contributed by atoms with E-state index in [9.17, 15) is 9.59 Å². The number of carbonyl (C=O) groups is 2. The van der Waals surface area contributed by atoms with Crippen molar-refractivity contribution in [3.63, 3.8) is 0 Å². The maximum absolute atomic E-state index is 12.2. The molecule has 0 spiro atoms. The van der Waals surface area contributed by atoms with Crippen molar-refractivity contribution < 1.29 is 24.2 Å². The van der Waals surface area contributed by atoms with Crippen LogP contribution in [0.15, 0.2) is 0 Å². The van der Waals surface area contributed by atoms with Crippen LogP contribution in [0.3, 0.4) is 0 Å². The van der Waals surface area contributed by atoms with Crippen LogP contribution < -0.4 is 0 Å². The summed E-state index contributed by atoms with van der Waals surface area (Å²) in [7, 11) is 3.19. The summed E-state index contributed by atoms with van der Waals surface area (Å²) >= 11 is 0. The summed E-state index contributed by atoms with van der Waals surface area (Å²) in [4.78, 5) is 26.0. The second-order valence-electron chi connectivity index (χ2n) is 4.51. The fourth-order valence-corrected chi connectivity index (χ4v) is 2.09. The Labute approximate surface area is 113 Å². The molecule has 2 amide bonds. The standard InChI is InChI=1S/C12H22N2O5/c1-18-8-7-14(9-11(15)16)12(17)13-5-3-10(19-2)4-6-13/h10H,3-9H2,1-2H3,(H,15,16). The van der Waals surface area contributed by atoms with E-state index < -0.39 is 5.97 Å². The minimum absolute atomic E-state index is 0.191. The van der Waals surface area contributed by atoms with Gasteiger partial charge in [-0.1, -0.05) is 0 Å². The van der Waals surface area contributed by atoms with Gasteiger partial charge in [0.05, 0.1) is 12.7 Å². The lowest BCUT2D eigenvalue weighted by molar-refractivity contribution is -0.137. The van der Waals surface area contributed by atoms with Crippen LogP contribution in [-0.2, 0) is 14.3 Å². The molecular weight excluding hydrogens is 252 g/mol. The number of hydrogen-bond donors (Lipinski definition) is 1. The Kier molecular flexibility index (Phi) is 6.58.